The second-order valence-electron chi connectivity index (χ2n) is 33.1. The number of rotatable bonds is 21. The number of carbonyl (C=O) groups excluding carboxylic acids is 1. The van der Waals surface area contributed by atoms with Gasteiger partial charge < -0.3 is 118 Å². The number of hydroxylamine groups is 3. The molecule has 9 aliphatic rings. The van der Waals surface area contributed by atoms with Gasteiger partial charge in [-0.2, -0.15) is 11.5 Å². The van der Waals surface area contributed by atoms with Gasteiger partial charge in [-0.1, -0.05) is 47.5 Å². The Kier molecular flexibility index (Phi) is 60.8. The van der Waals surface area contributed by atoms with E-state index in [0.29, 0.717) is 65.5 Å². The van der Waals surface area contributed by atoms with Crippen molar-refractivity contribution in [2.45, 2.75) is 302 Å². The molecule has 0 spiro atoms. The molecule has 0 aromatic carbocycles. The van der Waals surface area contributed by atoms with E-state index in [1.165, 1.54) is 93.5 Å². The van der Waals surface area contributed by atoms with Crippen molar-refractivity contribution >= 4 is 116 Å². The van der Waals surface area contributed by atoms with E-state index in [1.807, 2.05) is 109 Å². The minimum absolute atomic E-state index is 0. The number of hydrogen-bond acceptors (Lipinski definition) is 38. The zero-order valence-corrected chi connectivity index (χ0v) is 94.2. The minimum Gasteiger partial charge on any atom is -0.624 e. The average Bonchev–Trinajstić information content (AvgIpc) is 1.58. The smallest absolute Gasteiger partial charge is 0.624 e. The minimum atomic E-state index is -1.03. The molecule has 0 bridgehead atoms. The van der Waals surface area contributed by atoms with Crippen molar-refractivity contribution in [1.82, 2.24) is 74.8 Å². The summed E-state index contributed by atoms with van der Waals surface area (Å²) in [6.45, 7) is 40.4. The van der Waals surface area contributed by atoms with Crippen LogP contribution in [0.15, 0.2) is 134 Å². The largest absolute Gasteiger partial charge is 1.00 e. The van der Waals surface area contributed by atoms with Crippen LogP contribution in [0.5, 0.6) is 29.4 Å². The van der Waals surface area contributed by atoms with Crippen LogP contribution in [0, 0.1) is 24.0 Å². The number of ketones is 1. The summed E-state index contributed by atoms with van der Waals surface area (Å²) in [4.78, 5) is 87.6. The third kappa shape index (κ3) is 42.7. The maximum atomic E-state index is 11.5. The Hall–Kier alpha value is -6.55. The Morgan fingerprint density at radius 1 is 0.567 bits per heavy atom. The van der Waals surface area contributed by atoms with Crippen molar-refractivity contribution in [3.63, 3.8) is 0 Å². The summed E-state index contributed by atoms with van der Waals surface area (Å²) in [6, 6.07) is 1.05. The van der Waals surface area contributed by atoms with E-state index in [1.54, 1.807) is 66.6 Å². The van der Waals surface area contributed by atoms with Crippen molar-refractivity contribution in [3.8, 4) is 29.4 Å². The number of aromatic nitrogens is 14. The van der Waals surface area contributed by atoms with Crippen LogP contribution >= 0.6 is 95.1 Å². The molecule has 7 aliphatic heterocycles. The third-order valence-electron chi connectivity index (χ3n) is 21.5. The monoisotopic (exact) mass is 2360 g/mol. The van der Waals surface area contributed by atoms with Crippen LogP contribution in [-0.4, -0.2) is 292 Å². The number of aliphatic hydroxyl groups excluding tert-OH is 3. The summed E-state index contributed by atoms with van der Waals surface area (Å²) in [5, 5.41) is 51.6. The van der Waals surface area contributed by atoms with Crippen molar-refractivity contribution in [2.75, 3.05) is 62.0 Å². The number of nitrogens with zero attached hydrogens (tertiary/aromatic N) is 15. The van der Waals surface area contributed by atoms with E-state index in [0.717, 1.165) is 75.5 Å². The summed E-state index contributed by atoms with van der Waals surface area (Å²) in [7, 11) is 7.88. The van der Waals surface area contributed by atoms with E-state index >= 15 is 0 Å². The Labute approximate surface area is 888 Å². The van der Waals surface area contributed by atoms with Gasteiger partial charge in [0.05, 0.1) is 123 Å². The van der Waals surface area contributed by atoms with Gasteiger partial charge in [0.25, 0.3) is 11.1 Å². The van der Waals surface area contributed by atoms with Gasteiger partial charge in [-0.15, -0.1) is 47.3 Å². The Morgan fingerprint density at radius 3 is 1.42 bits per heavy atom. The second kappa shape index (κ2) is 66.6. The molecule has 14 heterocycles. The van der Waals surface area contributed by atoms with Gasteiger partial charge in [0, 0.05) is 117 Å². The standard InChI is InChI=1S/C15H22N2O3.C14H21N3O4.C10H14N2O4.C9H15NO3.C9H15NO2.C6H14O2.C6H10O2.3C5H5BrN2O.C4H4N2O.C4H9.BBr3.Li/c1-5-9-6-10(11-7-16-8-17-14(11)18-4)13-12(9)19-15(2,3)20-13;1-5-9-11-12(21-14(2,3)20-11)10(17(9)18)8-6-15-7-16-13(8)19-4;13-3-5-1-6(9(15)8(5)14)7-2-11-4-12-10(7)16;1-4-6-8-7(5-10(6)11)12-9(2,3)13-8;1-4-6-8-7(5-10-6)11-9(2,3)12-8;1-4-7-6(3)8-5-2;1-3-8-5-4-6(2)7;3*1-9-5-4(6)2-7-3-8-5;7-4-1-2-5-3-6-4;1-3-4-2;2-1(3)4;/h7-10,12-13H,5-6H2,1-4H3;6-7,9-12,18H,5H2,1-4H3;2,4-6,8-9,13-15H,1,3H2,(H,11,12,16);5-8H,4H2,1-3H3;5-8H,4H2,1-3H3;6H,4-5H2,1-3H3;4-5H,3H2,1-2H3;3*2-3H,1H3;1-3H,(H,5,6,7);1,3-4H2,2H3;;/q;;;;;;;;;;;-1;;+1/b;;;;;;5-4+;;;;;;;/t9-,10-,12+,13-;9-,10+,11-,12+;5-,6+,8-,9+;2*6-,7+,8-;;;;;;;;;/m01111........./s1. The number of carbonyl (C=O) groups is 1. The fourth-order valence-corrected chi connectivity index (χ4v) is 16.5. The third-order valence-corrected chi connectivity index (χ3v) is 23.1. The molecular weight excluding hydrogens is 2220 g/mol. The van der Waals surface area contributed by atoms with Gasteiger partial charge in [-0.3, -0.25) is 19.4 Å². The van der Waals surface area contributed by atoms with E-state index in [4.69, 9.17) is 80.9 Å². The van der Waals surface area contributed by atoms with Crippen molar-refractivity contribution in [3.05, 3.63) is 169 Å². The molecule has 5 saturated heterocycles. The molecule has 0 unspecified atom stereocenters. The van der Waals surface area contributed by atoms with Crippen molar-refractivity contribution in [2.24, 2.45) is 16.8 Å². The van der Waals surface area contributed by atoms with Crippen LogP contribution in [0.2, 0.25) is 0 Å². The molecular formula is C92H139BBr6LiN17O24. The molecule has 782 valence electrons. The zero-order valence-electron chi connectivity index (χ0n) is 84.6. The molecule has 18 atom stereocenters. The molecule has 141 heavy (non-hydrogen) atoms. The zero-order chi connectivity index (χ0) is 105. The average molecular weight is 2360 g/mol. The number of allylic oxidation sites excluding steroid dienone is 1. The molecule has 49 heteroatoms. The quantitative estimate of drug-likeness (QED) is 0.00740. The van der Waals surface area contributed by atoms with Crippen LogP contribution in [0.3, 0.4) is 0 Å². The SMILES string of the molecule is BrB(Br)Br.CCO/C=C/C(C)=O.CCOC(C)OCC.CC[C@@H]1[C@H]2OC(C)(C)O[C@H]2C=[N+]1[O-].CC[C@@H]1[C@H]2OC(C)(C)O[C@H]2[C@H](c2cncnc2OC)N1O.CC[C@H]1C[C@@H](c2cncnc2OC)[C@@H]2OC(C)(C)O[C@H]12.CC[C@H]1N=C[C@@H]2OC(C)(C)O[C@@H]21.COc1ncncc1Br.COc1ncncc1Br.COc1ncncc1Br.O=c1[nH]cncc1[C@@H]1C[C@H](CO)[C@@H](O)[C@H]1O.O=c1ccnc[nH]1.[CH2-]CCC.[Li+]. The summed E-state index contributed by atoms with van der Waals surface area (Å²) < 4.78 is 90.4. The number of methoxy groups -OCH3 is 5. The van der Waals surface area contributed by atoms with Crippen LogP contribution in [0.4, 0.5) is 0 Å². The number of aliphatic imine (C=N–C) groups is 1. The molecule has 0 amide bonds. The molecule has 0 radical (unpaired) electrons. The summed E-state index contributed by atoms with van der Waals surface area (Å²) in [5.74, 6) is 0.541. The number of fused-ring (bicyclic) bond motifs is 4. The second-order valence-corrected chi connectivity index (χ2v) is 42.1. The van der Waals surface area contributed by atoms with Gasteiger partial charge in [0.2, 0.25) is 29.4 Å². The predicted molar refractivity (Wildman–Crippen MR) is 546 cm³/mol. The first kappa shape index (κ1) is 129. The van der Waals surface area contributed by atoms with Crippen LogP contribution < -0.4 is 53.7 Å². The first-order valence-electron chi connectivity index (χ1n) is 45.6. The number of nitrogens with one attached hydrogen (secondary N) is 2. The van der Waals surface area contributed by atoms with Crippen LogP contribution in [0.1, 0.15) is 211 Å². The molecule has 7 fully saturated rings. The topological polar surface area (TPSA) is 508 Å². The van der Waals surface area contributed by atoms with Gasteiger partial charge >= 0.3 is 22.0 Å². The first-order chi connectivity index (χ1) is 66.5. The Morgan fingerprint density at radius 2 is 1.01 bits per heavy atom. The number of halogens is 6. The Balaban J connectivity index is 0.000000402. The number of ether oxygens (including phenoxy) is 16. The Bertz CT molecular complexity index is 4780. The van der Waals surface area contributed by atoms with E-state index in [9.17, 15) is 35.0 Å². The summed E-state index contributed by atoms with van der Waals surface area (Å²) in [5.41, 5.74) is 1.65. The predicted octanol–water partition coefficient (Wildman–Crippen LogP) is 11.7. The fraction of sp³-hybridized carbons (Fsp3) is 0.630. The molecule has 16 rings (SSSR count). The normalized spacial score (nSPS) is 25.3. The van der Waals surface area contributed by atoms with Crippen molar-refractivity contribution < 1.29 is 125 Å². The molecule has 2 aliphatic carbocycles. The van der Waals surface area contributed by atoms with E-state index in [-0.39, 0.29) is 125 Å². The molecule has 2 saturated carbocycles. The number of aromatic amines is 2. The van der Waals surface area contributed by atoms with Gasteiger partial charge in [0.15, 0.2) is 59.7 Å². The first-order valence-corrected chi connectivity index (χ1v) is 50.7. The van der Waals surface area contributed by atoms with Gasteiger partial charge in [-0.25, -0.2) is 64.5 Å². The molecule has 6 N–H and O–H groups in total. The maximum Gasteiger partial charge on any atom is 1.00 e. The number of H-pyrrole nitrogens is 2. The maximum absolute atomic E-state index is 11.5. The van der Waals surface area contributed by atoms with Crippen molar-refractivity contribution in [1.29, 1.82) is 0 Å². The summed E-state index contributed by atoms with van der Waals surface area (Å²) in [6.07, 6.45) is 32.4. The van der Waals surface area contributed by atoms with Crippen LogP contribution in [0.25, 0.3) is 0 Å². The van der Waals surface area contributed by atoms with E-state index in [2.05, 4.69) is 198 Å². The van der Waals surface area contributed by atoms with E-state index < -0.39 is 47.3 Å². The molecule has 7 aromatic rings. The summed E-state index contributed by atoms with van der Waals surface area (Å²) >= 11 is 18.9. The number of aliphatic hydroxyl groups is 3. The molecule has 7 aromatic heterocycles. The number of hydrogen-bond donors (Lipinski definition) is 6. The van der Waals surface area contributed by atoms with Crippen LogP contribution in [-0.2, 0) is 56.9 Å². The van der Waals surface area contributed by atoms with Gasteiger partial charge in [-0.05, 0) is 169 Å². The van der Waals surface area contributed by atoms with Gasteiger partial charge in [0.1, 0.15) is 56.1 Å². The number of unbranched alkanes of at least 4 members (excludes halogenated alkanes) is 1. The fourth-order valence-electron chi connectivity index (χ4n) is 15.4. The molecule has 41 nitrogen and oxygen atoms in total.